The van der Waals surface area contributed by atoms with Gasteiger partial charge in [0.05, 0.1) is 11.2 Å². The first kappa shape index (κ1) is 22.6. The quantitative estimate of drug-likeness (QED) is 0.242. The Balaban J connectivity index is 1.64. The summed E-state index contributed by atoms with van der Waals surface area (Å²) >= 11 is 0. The van der Waals surface area contributed by atoms with E-state index in [1.165, 1.54) is 6.92 Å². The average Bonchev–Trinajstić information content (AvgIpc) is 3.16. The van der Waals surface area contributed by atoms with Crippen molar-refractivity contribution in [1.29, 1.82) is 0 Å². The van der Waals surface area contributed by atoms with Crippen LogP contribution in [0.3, 0.4) is 0 Å². The number of rotatable bonds is 5. The first-order valence-electron chi connectivity index (χ1n) is 10.4. The minimum atomic E-state index is -4.48. The van der Waals surface area contributed by atoms with Crippen molar-refractivity contribution in [1.82, 2.24) is 19.5 Å². The maximum Gasteiger partial charge on any atom is 0.433 e. The molecule has 4 nitrogen and oxygen atoms in total. The summed E-state index contributed by atoms with van der Waals surface area (Å²) in [6, 6.07) is 8.10. The van der Waals surface area contributed by atoms with Crippen LogP contribution in [0.15, 0.2) is 60.7 Å². The normalized spacial score (nSPS) is 13.3. The molecule has 2 aliphatic heterocycles. The molecule has 8 heteroatoms. The lowest BCUT2D eigenvalue weighted by molar-refractivity contribution is -0.141. The molecule has 3 heterocycles. The molecule has 0 amide bonds. The lowest BCUT2D eigenvalue weighted by atomic mass is 10.1. The van der Waals surface area contributed by atoms with Crippen LogP contribution in [-0.4, -0.2) is 19.5 Å². The predicted molar refractivity (Wildman–Crippen MR) is 120 cm³/mol. The Kier molecular flexibility index (Phi) is 6.01. The second kappa shape index (κ2) is 8.77. The van der Waals surface area contributed by atoms with Crippen LogP contribution >= 0.6 is 0 Å². The highest BCUT2D eigenvalue weighted by Crippen LogP contribution is 2.31. The summed E-state index contributed by atoms with van der Waals surface area (Å²) < 4.78 is 55.1. The van der Waals surface area contributed by atoms with Gasteiger partial charge in [-0.15, -0.1) is 0 Å². The van der Waals surface area contributed by atoms with Gasteiger partial charge in [-0.3, -0.25) is 0 Å². The summed E-state index contributed by atoms with van der Waals surface area (Å²) in [5.41, 5.74) is 2.59. The number of nitrogens with zero attached hydrogens (tertiary/aromatic N) is 4. The zero-order valence-corrected chi connectivity index (χ0v) is 18.4. The molecule has 0 aliphatic carbocycles. The lowest BCUT2D eigenvalue weighted by Gasteiger charge is -2.12. The van der Waals surface area contributed by atoms with Crippen LogP contribution in [0.1, 0.15) is 42.9 Å². The molecule has 0 radical (unpaired) electrons. The summed E-state index contributed by atoms with van der Waals surface area (Å²) in [6.07, 6.45) is 3.31. The van der Waals surface area contributed by atoms with Gasteiger partial charge in [0.2, 0.25) is 0 Å². The van der Waals surface area contributed by atoms with E-state index in [1.54, 1.807) is 19.1 Å². The van der Waals surface area contributed by atoms with Crippen LogP contribution in [0, 0.1) is 6.92 Å². The van der Waals surface area contributed by atoms with E-state index in [9.17, 15) is 17.6 Å². The topological polar surface area (TPSA) is 43.6 Å². The predicted octanol–water partition coefficient (Wildman–Crippen LogP) is 6.97. The Hall–Kier alpha value is -3.55. The van der Waals surface area contributed by atoms with E-state index < -0.39 is 11.9 Å². The van der Waals surface area contributed by atoms with E-state index in [2.05, 4.69) is 15.0 Å². The van der Waals surface area contributed by atoms with Crippen LogP contribution in [0.4, 0.5) is 17.6 Å². The molecule has 0 atom stereocenters. The molecule has 1 aromatic carbocycles. The number of aromatic nitrogens is 4. The molecule has 1 aromatic heterocycles. The number of imidazole rings is 1. The Morgan fingerprint density at radius 2 is 1.82 bits per heavy atom. The standard InChI is InChI=1S/C25H22F4N4/c1-4-5-6-18(16(3)26)24-31-21-9-10-33(14-22(21)32-24)13-17-7-8-20-19(12-17)15(2)11-23(30-20)25(27,28)29/h4-5,7-12,14H,6,13H2,1-3H3/b5-4-,18-16-. The first-order valence-corrected chi connectivity index (χ1v) is 10.4. The molecule has 33 heavy (non-hydrogen) atoms. The Labute approximate surface area is 188 Å². The Bertz CT molecular complexity index is 1340. The number of benzene rings is 1. The minimum absolute atomic E-state index is 0.306. The van der Waals surface area contributed by atoms with Crippen LogP contribution < -0.4 is 0 Å². The lowest BCUT2D eigenvalue weighted by Crippen LogP contribution is -2.08. The van der Waals surface area contributed by atoms with Crippen molar-refractivity contribution in [3.63, 3.8) is 0 Å². The molecule has 0 saturated heterocycles. The number of pyridine rings is 2. The zero-order valence-electron chi connectivity index (χ0n) is 18.4. The van der Waals surface area contributed by atoms with Crippen molar-refractivity contribution in [2.45, 2.75) is 39.9 Å². The third kappa shape index (κ3) is 4.79. The largest absolute Gasteiger partial charge is 0.433 e. The summed E-state index contributed by atoms with van der Waals surface area (Å²) in [7, 11) is 0. The number of hydrogen-bond donors (Lipinski definition) is 0. The van der Waals surface area contributed by atoms with E-state index in [-0.39, 0.29) is 5.83 Å². The van der Waals surface area contributed by atoms with E-state index in [4.69, 9.17) is 0 Å². The maximum absolute atomic E-state index is 14.0. The SMILES string of the molecule is C/C=C\C/C(=C(\C)F)c1nc2ccn(Cc3ccc4nc(C(F)(F)F)cc(C)c4c3)cc-2n1. The summed E-state index contributed by atoms with van der Waals surface area (Å²) in [5, 5.41) is 0.676. The van der Waals surface area contributed by atoms with Gasteiger partial charge < -0.3 is 4.57 Å². The maximum atomic E-state index is 14.0. The Morgan fingerprint density at radius 1 is 1.06 bits per heavy atom. The van der Waals surface area contributed by atoms with Crippen molar-refractivity contribution in [2.24, 2.45) is 0 Å². The van der Waals surface area contributed by atoms with Gasteiger partial charge in [-0.2, -0.15) is 13.2 Å². The van der Waals surface area contributed by atoms with Crippen molar-refractivity contribution in [2.75, 3.05) is 0 Å². The number of fused-ring (bicyclic) bond motifs is 2. The highest BCUT2D eigenvalue weighted by molar-refractivity contribution is 5.83. The molecule has 170 valence electrons. The van der Waals surface area contributed by atoms with E-state index in [1.807, 2.05) is 48.2 Å². The van der Waals surface area contributed by atoms with Crippen molar-refractivity contribution in [3.8, 4) is 11.4 Å². The molecule has 4 rings (SSSR count). The fraction of sp³-hybridized carbons (Fsp3) is 0.240. The van der Waals surface area contributed by atoms with E-state index in [0.29, 0.717) is 52.2 Å². The third-order valence-electron chi connectivity index (χ3n) is 5.41. The summed E-state index contributed by atoms with van der Waals surface area (Å²) in [6.45, 7) is 5.40. The van der Waals surface area contributed by atoms with E-state index >= 15 is 0 Å². The van der Waals surface area contributed by atoms with Gasteiger partial charge in [0.1, 0.15) is 17.2 Å². The van der Waals surface area contributed by atoms with Gasteiger partial charge in [0.25, 0.3) is 0 Å². The van der Waals surface area contributed by atoms with Gasteiger partial charge in [-0.05, 0) is 62.6 Å². The molecule has 2 aliphatic rings. The van der Waals surface area contributed by atoms with Gasteiger partial charge >= 0.3 is 6.18 Å². The number of halogens is 4. The number of aryl methyl sites for hydroxylation is 1. The molecule has 0 fully saturated rings. The van der Waals surface area contributed by atoms with Crippen LogP contribution in [0.2, 0.25) is 0 Å². The highest BCUT2D eigenvalue weighted by atomic mass is 19.4. The number of allylic oxidation sites excluding steroid dienone is 4. The second-order valence-electron chi connectivity index (χ2n) is 7.89. The average molecular weight is 454 g/mol. The van der Waals surface area contributed by atoms with Crippen LogP contribution in [0.5, 0.6) is 0 Å². The van der Waals surface area contributed by atoms with E-state index in [0.717, 1.165) is 11.6 Å². The second-order valence-corrected chi connectivity index (χ2v) is 7.89. The first-order chi connectivity index (χ1) is 15.7. The van der Waals surface area contributed by atoms with Crippen molar-refractivity contribution < 1.29 is 17.6 Å². The molecule has 0 saturated carbocycles. The van der Waals surface area contributed by atoms with Gasteiger partial charge in [0, 0.05) is 29.9 Å². The fourth-order valence-corrected chi connectivity index (χ4v) is 3.70. The molecular formula is C25H22F4N4. The van der Waals surface area contributed by atoms with Crippen LogP contribution in [0.25, 0.3) is 27.9 Å². The van der Waals surface area contributed by atoms with Crippen molar-refractivity contribution >= 4 is 16.5 Å². The molecule has 2 aromatic rings. The number of alkyl halides is 3. The Morgan fingerprint density at radius 3 is 2.52 bits per heavy atom. The fourth-order valence-electron chi connectivity index (χ4n) is 3.70. The molecule has 0 N–H and O–H groups in total. The smallest absolute Gasteiger partial charge is 0.348 e. The van der Waals surface area contributed by atoms with Crippen molar-refractivity contribution in [3.05, 3.63) is 83.3 Å². The van der Waals surface area contributed by atoms with Gasteiger partial charge in [0.15, 0.2) is 5.82 Å². The monoisotopic (exact) mass is 454 g/mol. The van der Waals surface area contributed by atoms with Crippen LogP contribution in [-0.2, 0) is 12.7 Å². The highest BCUT2D eigenvalue weighted by Gasteiger charge is 2.33. The zero-order chi connectivity index (χ0) is 23.8. The summed E-state index contributed by atoms with van der Waals surface area (Å²) in [4.78, 5) is 12.7. The minimum Gasteiger partial charge on any atom is -0.348 e. The molecule has 0 bridgehead atoms. The third-order valence-corrected chi connectivity index (χ3v) is 5.41. The molecule has 0 spiro atoms. The van der Waals surface area contributed by atoms with Gasteiger partial charge in [-0.25, -0.2) is 19.3 Å². The van der Waals surface area contributed by atoms with Gasteiger partial charge in [-0.1, -0.05) is 18.2 Å². The molecular weight excluding hydrogens is 432 g/mol. The number of hydrogen-bond acceptors (Lipinski definition) is 3. The summed E-state index contributed by atoms with van der Waals surface area (Å²) in [5.74, 6) is 0.0545. The molecule has 0 unspecified atom stereocenters.